The van der Waals surface area contributed by atoms with E-state index in [0.29, 0.717) is 31.9 Å². The van der Waals surface area contributed by atoms with E-state index in [1.165, 1.54) is 37.6 Å². The maximum Gasteiger partial charge on any atom is 0.417 e. The number of amides is 1. The van der Waals surface area contributed by atoms with Gasteiger partial charge in [-0.1, -0.05) is 42.5 Å². The average molecular weight is 661 g/mol. The molecule has 1 amide bonds. The zero-order valence-electron chi connectivity index (χ0n) is 20.8. The SMILES string of the molecule is C=CCOc1c(Br)cc(/C=N\NC(=O)CN(c2ccc(Cl)c(C(F)(F)F)c2)S(=O)(=O)c2ccccc2)cc1OC. The van der Waals surface area contributed by atoms with E-state index in [9.17, 15) is 26.4 Å². The van der Waals surface area contributed by atoms with Gasteiger partial charge in [-0.05, 0) is 64.0 Å². The summed E-state index contributed by atoms with van der Waals surface area (Å²) in [6, 6.07) is 12.7. The average Bonchev–Trinajstić information content (AvgIpc) is 2.91. The van der Waals surface area contributed by atoms with Gasteiger partial charge in [0.1, 0.15) is 13.2 Å². The largest absolute Gasteiger partial charge is 0.493 e. The molecule has 1 N–H and O–H groups in total. The molecule has 0 saturated carbocycles. The van der Waals surface area contributed by atoms with Gasteiger partial charge in [0, 0.05) is 0 Å². The van der Waals surface area contributed by atoms with E-state index in [1.54, 1.807) is 24.3 Å². The molecule has 0 aliphatic heterocycles. The smallest absolute Gasteiger partial charge is 0.417 e. The van der Waals surface area contributed by atoms with E-state index in [4.69, 9.17) is 21.1 Å². The summed E-state index contributed by atoms with van der Waals surface area (Å²) in [5.74, 6) is -0.130. The molecule has 0 radical (unpaired) electrons. The number of nitrogens with one attached hydrogen (secondary N) is 1. The van der Waals surface area contributed by atoms with Crippen LogP contribution in [-0.4, -0.2) is 40.8 Å². The van der Waals surface area contributed by atoms with Crippen LogP contribution in [0.15, 0.2) is 87.8 Å². The van der Waals surface area contributed by atoms with Crippen molar-refractivity contribution in [3.63, 3.8) is 0 Å². The molecular weight excluding hydrogens is 639 g/mol. The van der Waals surface area contributed by atoms with Gasteiger partial charge in [-0.25, -0.2) is 13.8 Å². The van der Waals surface area contributed by atoms with E-state index in [1.807, 2.05) is 0 Å². The first-order valence-corrected chi connectivity index (χ1v) is 13.9. The second kappa shape index (κ2) is 13.2. The van der Waals surface area contributed by atoms with Crippen molar-refractivity contribution < 1.29 is 35.9 Å². The van der Waals surface area contributed by atoms with Crippen molar-refractivity contribution in [2.45, 2.75) is 11.1 Å². The van der Waals surface area contributed by atoms with Crippen LogP contribution in [0.25, 0.3) is 0 Å². The Morgan fingerprint density at radius 1 is 1.18 bits per heavy atom. The van der Waals surface area contributed by atoms with Crippen LogP contribution in [0.4, 0.5) is 18.9 Å². The first-order valence-electron chi connectivity index (χ1n) is 11.3. The van der Waals surface area contributed by atoms with Gasteiger partial charge in [0.2, 0.25) is 0 Å². The minimum Gasteiger partial charge on any atom is -0.493 e. The molecule has 0 aliphatic carbocycles. The lowest BCUT2D eigenvalue weighted by Crippen LogP contribution is -2.39. The van der Waals surface area contributed by atoms with Crippen LogP contribution >= 0.6 is 27.5 Å². The number of hydrogen-bond donors (Lipinski definition) is 1. The van der Waals surface area contributed by atoms with E-state index in [0.717, 1.165) is 12.1 Å². The van der Waals surface area contributed by atoms with Gasteiger partial charge in [-0.2, -0.15) is 18.3 Å². The Balaban J connectivity index is 1.89. The molecular formula is C26H22BrClF3N3O5S. The van der Waals surface area contributed by atoms with E-state index < -0.39 is 44.9 Å². The third kappa shape index (κ3) is 7.55. The number of benzene rings is 3. The number of carbonyl (C=O) groups is 1. The molecule has 8 nitrogen and oxygen atoms in total. The van der Waals surface area contributed by atoms with Gasteiger partial charge < -0.3 is 9.47 Å². The molecule has 3 rings (SSSR count). The highest BCUT2D eigenvalue weighted by Crippen LogP contribution is 2.38. The summed E-state index contributed by atoms with van der Waals surface area (Å²) in [7, 11) is -3.02. The predicted octanol–water partition coefficient (Wildman–Crippen LogP) is 6.04. The highest BCUT2D eigenvalue weighted by molar-refractivity contribution is 9.10. The Morgan fingerprint density at radius 3 is 2.50 bits per heavy atom. The summed E-state index contributed by atoms with van der Waals surface area (Å²) in [4.78, 5) is 12.5. The Labute approximate surface area is 242 Å². The second-order valence-electron chi connectivity index (χ2n) is 7.91. The van der Waals surface area contributed by atoms with Crippen molar-refractivity contribution in [3.05, 3.63) is 93.9 Å². The number of sulfonamides is 1. The third-order valence-corrected chi connectivity index (χ3v) is 7.87. The van der Waals surface area contributed by atoms with Gasteiger partial charge in [0.25, 0.3) is 15.9 Å². The van der Waals surface area contributed by atoms with Crippen molar-refractivity contribution >= 4 is 55.4 Å². The normalized spacial score (nSPS) is 11.8. The molecule has 0 atom stereocenters. The monoisotopic (exact) mass is 659 g/mol. The van der Waals surface area contributed by atoms with Crippen LogP contribution in [0.2, 0.25) is 5.02 Å². The standard InChI is InChI=1S/C26H22BrClF3N3O5S/c1-3-11-39-25-21(27)12-17(13-23(25)38-2)15-32-33-24(35)16-34(40(36,37)19-7-5-4-6-8-19)18-9-10-22(28)20(14-18)26(29,30)31/h3-10,12-15H,1,11,16H2,2H3,(H,33,35)/b32-15-. The van der Waals surface area contributed by atoms with Crippen LogP contribution in [-0.2, 0) is 21.0 Å². The van der Waals surface area contributed by atoms with Gasteiger partial charge in [0.15, 0.2) is 11.5 Å². The summed E-state index contributed by atoms with van der Waals surface area (Å²) in [6.07, 6.45) is -2.03. The Hall–Kier alpha value is -3.55. The second-order valence-corrected chi connectivity index (χ2v) is 11.0. The zero-order chi connectivity index (χ0) is 29.5. The van der Waals surface area contributed by atoms with Gasteiger partial charge in [0.05, 0.1) is 39.0 Å². The lowest BCUT2D eigenvalue weighted by atomic mass is 10.2. The van der Waals surface area contributed by atoms with Crippen molar-refractivity contribution in [1.29, 1.82) is 0 Å². The van der Waals surface area contributed by atoms with E-state index in [2.05, 4.69) is 33.0 Å². The number of hydrogen-bond acceptors (Lipinski definition) is 6. The van der Waals surface area contributed by atoms with Crippen LogP contribution in [0.1, 0.15) is 11.1 Å². The number of anilines is 1. The van der Waals surface area contributed by atoms with Gasteiger partial charge >= 0.3 is 6.18 Å². The fourth-order valence-corrected chi connectivity index (χ4v) is 5.59. The fourth-order valence-electron chi connectivity index (χ4n) is 3.36. The minimum absolute atomic E-state index is 0.231. The van der Waals surface area contributed by atoms with Gasteiger partial charge in [-0.15, -0.1) is 0 Å². The Bertz CT molecular complexity index is 1520. The van der Waals surface area contributed by atoms with Crippen molar-refractivity contribution in [2.24, 2.45) is 5.10 Å². The van der Waals surface area contributed by atoms with Crippen LogP contribution < -0.4 is 19.2 Å². The number of carbonyl (C=O) groups excluding carboxylic acids is 1. The summed E-state index contributed by atoms with van der Waals surface area (Å²) < 4.78 is 79.2. The topological polar surface area (TPSA) is 97.3 Å². The van der Waals surface area contributed by atoms with Crippen molar-refractivity contribution in [2.75, 3.05) is 24.6 Å². The number of alkyl halides is 3. The summed E-state index contributed by atoms with van der Waals surface area (Å²) in [6.45, 7) is 2.94. The number of hydrazone groups is 1. The minimum atomic E-state index is -4.86. The molecule has 3 aromatic carbocycles. The molecule has 0 unspecified atom stereocenters. The molecule has 0 spiro atoms. The summed E-state index contributed by atoms with van der Waals surface area (Å²) >= 11 is 9.07. The number of halogens is 5. The summed E-state index contributed by atoms with van der Waals surface area (Å²) in [5.41, 5.74) is 1.01. The lowest BCUT2D eigenvalue weighted by molar-refractivity contribution is -0.137. The maximum absolute atomic E-state index is 13.5. The molecule has 0 fully saturated rings. The Morgan fingerprint density at radius 2 is 1.88 bits per heavy atom. The molecule has 212 valence electrons. The number of rotatable bonds is 11. The van der Waals surface area contributed by atoms with E-state index in [-0.39, 0.29) is 11.5 Å². The number of methoxy groups -OCH3 is 1. The van der Waals surface area contributed by atoms with Crippen LogP contribution in [0.5, 0.6) is 11.5 Å². The molecule has 0 aromatic heterocycles. The molecule has 3 aromatic rings. The molecule has 0 saturated heterocycles. The summed E-state index contributed by atoms with van der Waals surface area (Å²) in [5, 5.41) is 3.22. The molecule has 0 heterocycles. The van der Waals surface area contributed by atoms with Crippen molar-refractivity contribution in [1.82, 2.24) is 5.43 Å². The van der Waals surface area contributed by atoms with Crippen molar-refractivity contribution in [3.8, 4) is 11.5 Å². The lowest BCUT2D eigenvalue weighted by Gasteiger charge is -2.24. The first-order chi connectivity index (χ1) is 18.9. The van der Waals surface area contributed by atoms with Crippen LogP contribution in [0.3, 0.4) is 0 Å². The highest BCUT2D eigenvalue weighted by atomic mass is 79.9. The quantitative estimate of drug-likeness (QED) is 0.154. The maximum atomic E-state index is 13.5. The first kappa shape index (κ1) is 31.0. The number of nitrogens with zero attached hydrogens (tertiary/aromatic N) is 2. The predicted molar refractivity (Wildman–Crippen MR) is 150 cm³/mol. The number of ether oxygens (including phenoxy) is 2. The molecule has 14 heteroatoms. The fraction of sp³-hybridized carbons (Fsp3) is 0.154. The molecule has 0 aliphatic rings. The van der Waals surface area contributed by atoms with E-state index >= 15 is 0 Å². The molecule has 40 heavy (non-hydrogen) atoms. The Kier molecular flexibility index (Phi) is 10.2. The van der Waals surface area contributed by atoms with Gasteiger partial charge in [-0.3, -0.25) is 9.10 Å². The van der Waals surface area contributed by atoms with Crippen LogP contribution in [0, 0.1) is 0 Å². The highest BCUT2D eigenvalue weighted by Gasteiger charge is 2.35. The molecule has 0 bridgehead atoms. The third-order valence-electron chi connectivity index (χ3n) is 5.16. The zero-order valence-corrected chi connectivity index (χ0v) is 23.9.